The van der Waals surface area contributed by atoms with Crippen molar-refractivity contribution in [3.05, 3.63) is 58.4 Å². The minimum atomic E-state index is -0.0852. The Morgan fingerprint density at radius 2 is 2.15 bits per heavy atom. The molecule has 1 aromatic carbocycles. The van der Waals surface area contributed by atoms with Crippen molar-refractivity contribution >= 4 is 23.4 Å². The van der Waals surface area contributed by atoms with E-state index in [1.54, 1.807) is 6.20 Å². The molecular formula is C14H12N4OS. The molecule has 100 valence electrons. The predicted molar refractivity (Wildman–Crippen MR) is 77.9 cm³/mol. The van der Waals surface area contributed by atoms with Crippen LogP contribution in [0.1, 0.15) is 16.6 Å². The average molecular weight is 284 g/mol. The molecule has 4 rings (SSSR count). The lowest BCUT2D eigenvalue weighted by molar-refractivity contribution is -0.116. The highest BCUT2D eigenvalue weighted by atomic mass is 32.2. The van der Waals surface area contributed by atoms with Gasteiger partial charge in [0.2, 0.25) is 0 Å². The van der Waals surface area contributed by atoms with E-state index < -0.39 is 0 Å². The van der Waals surface area contributed by atoms with Gasteiger partial charge in [-0.2, -0.15) is 5.10 Å². The fraction of sp³-hybridized carbons (Fsp3) is 0.143. The monoisotopic (exact) mass is 284 g/mol. The van der Waals surface area contributed by atoms with E-state index in [1.807, 2.05) is 24.3 Å². The number of rotatable bonds is 1. The van der Waals surface area contributed by atoms with E-state index in [2.05, 4.69) is 26.9 Å². The van der Waals surface area contributed by atoms with E-state index in [1.165, 1.54) is 17.3 Å². The van der Waals surface area contributed by atoms with E-state index >= 15 is 0 Å². The van der Waals surface area contributed by atoms with Crippen LogP contribution in [0, 0.1) is 0 Å². The maximum absolute atomic E-state index is 12.2. The normalized spacial score (nSPS) is 24.4. The molecule has 2 aliphatic heterocycles. The number of thioether (sulfide) groups is 1. The first-order valence-electron chi connectivity index (χ1n) is 6.36. The summed E-state index contributed by atoms with van der Waals surface area (Å²) in [5.41, 5.74) is 4.21. The molecule has 0 spiro atoms. The quantitative estimate of drug-likeness (QED) is 0.702. The van der Waals surface area contributed by atoms with Gasteiger partial charge < -0.3 is 10.6 Å². The average Bonchev–Trinajstić information content (AvgIpc) is 3.16. The van der Waals surface area contributed by atoms with Crippen molar-refractivity contribution in [3.63, 3.8) is 0 Å². The molecule has 1 aromatic heterocycles. The van der Waals surface area contributed by atoms with Gasteiger partial charge in [0.05, 0.1) is 10.6 Å². The van der Waals surface area contributed by atoms with Crippen LogP contribution in [0.15, 0.2) is 47.1 Å². The zero-order chi connectivity index (χ0) is 13.5. The third-order valence-electron chi connectivity index (χ3n) is 3.45. The van der Waals surface area contributed by atoms with Crippen LogP contribution in [-0.2, 0) is 11.2 Å². The van der Waals surface area contributed by atoms with Gasteiger partial charge in [-0.15, -0.1) is 0 Å². The SMILES string of the molecule is O=C1NC(c2ccn[nH]2)SC1=C1Cc2ccccc2N1. The number of amides is 1. The lowest BCUT2D eigenvalue weighted by Gasteiger charge is -2.04. The molecule has 1 amide bonds. The van der Waals surface area contributed by atoms with Crippen LogP contribution in [0.2, 0.25) is 0 Å². The summed E-state index contributed by atoms with van der Waals surface area (Å²) in [5, 5.41) is 13.0. The summed E-state index contributed by atoms with van der Waals surface area (Å²) in [4.78, 5) is 12.9. The van der Waals surface area contributed by atoms with Gasteiger partial charge in [-0.1, -0.05) is 30.0 Å². The Morgan fingerprint density at radius 3 is 2.95 bits per heavy atom. The minimum absolute atomic E-state index is 0.0232. The second-order valence-corrected chi connectivity index (χ2v) is 5.87. The van der Waals surface area contributed by atoms with Gasteiger partial charge >= 0.3 is 0 Å². The number of aromatic amines is 1. The number of aromatic nitrogens is 2. The highest BCUT2D eigenvalue weighted by molar-refractivity contribution is 8.04. The highest BCUT2D eigenvalue weighted by Gasteiger charge is 2.33. The van der Waals surface area contributed by atoms with Crippen LogP contribution in [0.5, 0.6) is 0 Å². The largest absolute Gasteiger partial charge is 0.357 e. The van der Waals surface area contributed by atoms with Crippen molar-refractivity contribution in [2.75, 3.05) is 5.32 Å². The van der Waals surface area contributed by atoms with Gasteiger partial charge in [-0.25, -0.2) is 0 Å². The number of hydrogen-bond donors (Lipinski definition) is 3. The number of para-hydroxylation sites is 1. The van der Waals surface area contributed by atoms with Crippen molar-refractivity contribution in [2.24, 2.45) is 0 Å². The van der Waals surface area contributed by atoms with E-state index in [-0.39, 0.29) is 11.3 Å². The molecule has 0 bridgehead atoms. The molecule has 5 nitrogen and oxygen atoms in total. The molecule has 2 aromatic rings. The van der Waals surface area contributed by atoms with E-state index in [0.29, 0.717) is 0 Å². The van der Waals surface area contributed by atoms with Gasteiger partial charge in [0, 0.05) is 24.0 Å². The van der Waals surface area contributed by atoms with Crippen molar-refractivity contribution in [3.8, 4) is 0 Å². The van der Waals surface area contributed by atoms with Crippen LogP contribution in [0.25, 0.3) is 0 Å². The van der Waals surface area contributed by atoms with Crippen LogP contribution < -0.4 is 10.6 Å². The van der Waals surface area contributed by atoms with Crippen molar-refractivity contribution in [2.45, 2.75) is 11.8 Å². The molecule has 20 heavy (non-hydrogen) atoms. The number of H-pyrrole nitrogens is 1. The number of carbonyl (C=O) groups is 1. The number of hydrogen-bond acceptors (Lipinski definition) is 4. The first kappa shape index (κ1) is 11.6. The molecule has 6 heteroatoms. The lowest BCUT2D eigenvalue weighted by atomic mass is 10.1. The number of benzene rings is 1. The summed E-state index contributed by atoms with van der Waals surface area (Å²) in [6.07, 6.45) is 2.47. The van der Waals surface area contributed by atoms with Gasteiger partial charge in [-0.3, -0.25) is 9.89 Å². The van der Waals surface area contributed by atoms with E-state index in [0.717, 1.165) is 28.4 Å². The third-order valence-corrected chi connectivity index (χ3v) is 4.73. The number of nitrogens with zero attached hydrogens (tertiary/aromatic N) is 1. The Kier molecular flexibility index (Phi) is 2.56. The zero-order valence-electron chi connectivity index (χ0n) is 10.5. The van der Waals surface area contributed by atoms with Gasteiger partial charge in [0.25, 0.3) is 5.91 Å². The Bertz CT molecular complexity index is 681. The first-order chi connectivity index (χ1) is 9.81. The molecule has 0 aliphatic carbocycles. The maximum atomic E-state index is 12.2. The molecule has 2 aliphatic rings. The second kappa shape index (κ2) is 4.42. The Labute approximate surface area is 119 Å². The summed E-state index contributed by atoms with van der Waals surface area (Å²) in [6.45, 7) is 0. The predicted octanol–water partition coefficient (Wildman–Crippen LogP) is 2.15. The van der Waals surface area contributed by atoms with Crippen LogP contribution >= 0.6 is 11.8 Å². The molecule has 0 saturated carbocycles. The molecule has 3 N–H and O–H groups in total. The number of nitrogens with one attached hydrogen (secondary N) is 3. The molecule has 3 heterocycles. The van der Waals surface area contributed by atoms with E-state index in [9.17, 15) is 4.79 Å². The van der Waals surface area contributed by atoms with Crippen LogP contribution in [0.4, 0.5) is 5.69 Å². The summed E-state index contributed by atoms with van der Waals surface area (Å²) in [5.74, 6) is -0.0232. The molecule has 0 radical (unpaired) electrons. The maximum Gasteiger partial charge on any atom is 0.260 e. The second-order valence-electron chi connectivity index (χ2n) is 4.75. The number of fused-ring (bicyclic) bond motifs is 1. The third kappa shape index (κ3) is 1.80. The number of anilines is 1. The Balaban J connectivity index is 1.64. The van der Waals surface area contributed by atoms with Crippen molar-refractivity contribution < 1.29 is 4.79 Å². The molecule has 1 unspecified atom stereocenters. The Hall–Kier alpha value is -2.21. The summed E-state index contributed by atoms with van der Waals surface area (Å²) in [6, 6.07) is 10.0. The highest BCUT2D eigenvalue weighted by Crippen LogP contribution is 2.41. The molecule has 1 atom stereocenters. The summed E-state index contributed by atoms with van der Waals surface area (Å²) < 4.78 is 0. The fourth-order valence-electron chi connectivity index (χ4n) is 2.48. The minimum Gasteiger partial charge on any atom is -0.357 e. The number of carbonyl (C=O) groups excluding carboxylic acids is 1. The Morgan fingerprint density at radius 1 is 1.25 bits per heavy atom. The summed E-state index contributed by atoms with van der Waals surface area (Å²) >= 11 is 1.53. The molecule has 1 fully saturated rings. The molecular weight excluding hydrogens is 272 g/mol. The van der Waals surface area contributed by atoms with E-state index in [4.69, 9.17) is 0 Å². The first-order valence-corrected chi connectivity index (χ1v) is 7.24. The summed E-state index contributed by atoms with van der Waals surface area (Å²) in [7, 11) is 0. The van der Waals surface area contributed by atoms with Gasteiger partial charge in [-0.05, 0) is 17.7 Å². The van der Waals surface area contributed by atoms with Crippen LogP contribution in [0.3, 0.4) is 0 Å². The van der Waals surface area contributed by atoms with Gasteiger partial charge in [0.1, 0.15) is 5.37 Å². The number of allylic oxidation sites excluding steroid dienone is 1. The zero-order valence-corrected chi connectivity index (χ0v) is 11.3. The van der Waals surface area contributed by atoms with Crippen LogP contribution in [-0.4, -0.2) is 16.1 Å². The standard InChI is InChI=1S/C14H12N4OS/c19-13-12(20-14(17-13)10-5-6-15-18-10)11-7-8-3-1-2-4-9(8)16-11/h1-6,14,16H,7H2,(H,15,18)(H,17,19). The smallest absolute Gasteiger partial charge is 0.260 e. The van der Waals surface area contributed by atoms with Crippen molar-refractivity contribution in [1.29, 1.82) is 0 Å². The van der Waals surface area contributed by atoms with Crippen molar-refractivity contribution in [1.82, 2.24) is 15.5 Å². The molecule has 1 saturated heterocycles. The topological polar surface area (TPSA) is 69.8 Å². The van der Waals surface area contributed by atoms with Gasteiger partial charge in [0.15, 0.2) is 0 Å². The fourth-order valence-corrected chi connectivity index (χ4v) is 3.57. The lowest BCUT2D eigenvalue weighted by Crippen LogP contribution is -2.19.